The Labute approximate surface area is 253 Å². The molecular weight excluding hydrogens is 592 g/mol. The molecule has 18 nitrogen and oxygen atoms in total. The van der Waals surface area contributed by atoms with Crippen LogP contribution >= 0.6 is 0 Å². The lowest BCUT2D eigenvalue weighted by Gasteiger charge is -2.39. The van der Waals surface area contributed by atoms with Gasteiger partial charge in [0.15, 0.2) is 0 Å². The molecule has 252 valence electrons. The van der Waals surface area contributed by atoms with Crippen LogP contribution in [-0.2, 0) is 28.8 Å². The van der Waals surface area contributed by atoms with Crippen molar-refractivity contribution in [3.8, 4) is 0 Å². The second-order valence-corrected chi connectivity index (χ2v) is 10.4. The molecule has 18 heteroatoms. The Morgan fingerprint density at radius 2 is 0.614 bits per heavy atom. The van der Waals surface area contributed by atoms with Crippen molar-refractivity contribution in [3.63, 3.8) is 0 Å². The zero-order valence-corrected chi connectivity index (χ0v) is 24.4. The van der Waals surface area contributed by atoms with Crippen LogP contribution in [0.4, 0.5) is 0 Å². The second kappa shape index (κ2) is 19.8. The predicted octanol–water partition coefficient (Wildman–Crippen LogP) is -2.48. The van der Waals surface area contributed by atoms with E-state index in [2.05, 4.69) is 0 Å². The molecule has 0 aromatic heterocycles. The summed E-state index contributed by atoms with van der Waals surface area (Å²) in [6.45, 7) is -1.74. The Balaban J connectivity index is 3.60. The van der Waals surface area contributed by atoms with E-state index >= 15 is 0 Å². The van der Waals surface area contributed by atoms with Crippen molar-refractivity contribution < 1.29 is 69.6 Å². The molecule has 0 spiro atoms. The van der Waals surface area contributed by atoms with E-state index < -0.39 is 86.0 Å². The zero-order chi connectivity index (χ0) is 33.4. The molecule has 4 atom stereocenters. The van der Waals surface area contributed by atoms with Crippen LogP contribution in [0.3, 0.4) is 0 Å². The van der Waals surface area contributed by atoms with Gasteiger partial charge in [-0.1, -0.05) is 0 Å². The quantitative estimate of drug-likeness (QED) is 0.0772. The molecule has 0 aliphatic carbocycles. The summed E-state index contributed by atoms with van der Waals surface area (Å²) in [4.78, 5) is 76.9. The van der Waals surface area contributed by atoms with Crippen LogP contribution in [0, 0.1) is 0 Å². The maximum Gasteiger partial charge on any atom is 0.321 e. The molecule has 0 saturated carbocycles. The molecule has 1 aliphatic heterocycles. The van der Waals surface area contributed by atoms with Gasteiger partial charge < -0.3 is 40.9 Å². The summed E-state index contributed by atoms with van der Waals surface area (Å²) < 4.78 is 0. The first-order valence-electron chi connectivity index (χ1n) is 14.3. The van der Waals surface area contributed by atoms with Crippen LogP contribution in [0.1, 0.15) is 38.5 Å². The maximum absolute atomic E-state index is 12.2. The first kappa shape index (κ1) is 38.6. The van der Waals surface area contributed by atoms with Crippen molar-refractivity contribution in [2.45, 2.75) is 62.7 Å². The zero-order valence-electron chi connectivity index (χ0n) is 24.4. The molecule has 1 saturated heterocycles. The molecule has 4 unspecified atom stereocenters. The third-order valence-electron chi connectivity index (χ3n) is 7.67. The highest BCUT2D eigenvalue weighted by Gasteiger charge is 2.34. The highest BCUT2D eigenvalue weighted by Crippen LogP contribution is 2.16. The van der Waals surface area contributed by atoms with Gasteiger partial charge in [0.2, 0.25) is 0 Å². The highest BCUT2D eigenvalue weighted by atomic mass is 16.4. The summed E-state index contributed by atoms with van der Waals surface area (Å²) in [7, 11) is 0. The topological polar surface area (TPSA) is 277 Å². The Morgan fingerprint density at radius 3 is 0.773 bits per heavy atom. The average Bonchev–Trinajstić information content (AvgIpc) is 2.92. The van der Waals surface area contributed by atoms with Crippen molar-refractivity contribution in [2.24, 2.45) is 0 Å². The molecule has 1 rings (SSSR count). The minimum atomic E-state index is -1.33. The number of aliphatic hydroxyl groups excluding tert-OH is 2. The van der Waals surface area contributed by atoms with Crippen LogP contribution in [0.15, 0.2) is 0 Å². The highest BCUT2D eigenvalue weighted by molar-refractivity contribution is 5.76. The number of nitrogens with zero attached hydrogens (tertiary/aromatic N) is 4. The molecule has 8 N–H and O–H groups in total. The Hall–Kier alpha value is -3.42. The van der Waals surface area contributed by atoms with Gasteiger partial charge in [-0.05, 0) is 25.7 Å². The van der Waals surface area contributed by atoms with Crippen LogP contribution in [0.2, 0.25) is 0 Å². The van der Waals surface area contributed by atoms with Crippen LogP contribution in [-0.4, -0.2) is 186 Å². The first-order valence-corrected chi connectivity index (χ1v) is 14.3. The minimum absolute atomic E-state index is 0.0898. The SMILES string of the molecule is O=C(O)CCC(C(=O)O)N1CCN(C(CCO)C(=O)O)CCN(C(CCC(=O)O)C(=O)O)CCN(C(CCO)C(=O)O)CC1. The number of hydrogen-bond donors (Lipinski definition) is 8. The molecule has 0 amide bonds. The third-order valence-corrected chi connectivity index (χ3v) is 7.67. The van der Waals surface area contributed by atoms with Gasteiger partial charge in [-0.3, -0.25) is 48.4 Å². The summed E-state index contributed by atoms with van der Waals surface area (Å²) in [5, 5.41) is 77.0. The number of carboxylic acid groups (broad SMARTS) is 6. The Kier molecular flexibility index (Phi) is 17.4. The lowest BCUT2D eigenvalue weighted by Crippen LogP contribution is -2.56. The van der Waals surface area contributed by atoms with Gasteiger partial charge in [0.1, 0.15) is 24.2 Å². The molecule has 44 heavy (non-hydrogen) atoms. The molecule has 0 aromatic carbocycles. The number of aliphatic carboxylic acids is 6. The van der Waals surface area contributed by atoms with E-state index in [-0.39, 0.29) is 78.0 Å². The van der Waals surface area contributed by atoms with E-state index in [1.165, 1.54) is 19.6 Å². The Bertz CT molecular complexity index is 890. The summed E-state index contributed by atoms with van der Waals surface area (Å²) in [5.74, 6) is -7.70. The van der Waals surface area contributed by atoms with Crippen LogP contribution in [0.25, 0.3) is 0 Å². The molecule has 0 bridgehead atoms. The van der Waals surface area contributed by atoms with Gasteiger partial charge in [-0.25, -0.2) is 0 Å². The van der Waals surface area contributed by atoms with E-state index in [0.29, 0.717) is 0 Å². The third kappa shape index (κ3) is 13.1. The molecular formula is C26H44N4O14. The minimum Gasteiger partial charge on any atom is -0.481 e. The average molecular weight is 637 g/mol. The van der Waals surface area contributed by atoms with Crippen molar-refractivity contribution in [3.05, 3.63) is 0 Å². The summed E-state index contributed by atoms with van der Waals surface area (Å²) in [6, 6.07) is -5.12. The monoisotopic (exact) mass is 636 g/mol. The number of hydrogen-bond acceptors (Lipinski definition) is 12. The molecule has 1 heterocycles. The smallest absolute Gasteiger partial charge is 0.321 e. The van der Waals surface area contributed by atoms with Crippen molar-refractivity contribution in [2.75, 3.05) is 65.6 Å². The summed E-state index contributed by atoms with van der Waals surface area (Å²) in [5.41, 5.74) is 0. The van der Waals surface area contributed by atoms with Gasteiger partial charge in [-0.15, -0.1) is 0 Å². The van der Waals surface area contributed by atoms with Gasteiger partial charge in [0.25, 0.3) is 0 Å². The van der Waals surface area contributed by atoms with Gasteiger partial charge in [0.05, 0.1) is 0 Å². The largest absolute Gasteiger partial charge is 0.481 e. The van der Waals surface area contributed by atoms with E-state index in [9.17, 15) is 59.4 Å². The number of carboxylic acids is 6. The van der Waals surface area contributed by atoms with E-state index in [4.69, 9.17) is 10.2 Å². The standard InChI is InChI=1S/C26H44N4O14/c31-15-5-19(25(41)42)29-11-7-27(17(23(37)38)1-3-21(33)34)8-12-30(20(6-16-32)26(43)44)14-10-28(9-13-29)18(24(39)40)2-4-22(35)36/h17-20,31-32H,1-16H2,(H,33,34)(H,35,36)(H,37,38)(H,39,40)(H,41,42)(H,43,44). The van der Waals surface area contributed by atoms with Gasteiger partial charge in [0, 0.05) is 78.4 Å². The van der Waals surface area contributed by atoms with Gasteiger partial charge >= 0.3 is 35.8 Å². The van der Waals surface area contributed by atoms with Crippen LogP contribution < -0.4 is 0 Å². The van der Waals surface area contributed by atoms with Crippen molar-refractivity contribution in [1.29, 1.82) is 0 Å². The van der Waals surface area contributed by atoms with E-state index in [1.807, 2.05) is 0 Å². The van der Waals surface area contributed by atoms with Crippen LogP contribution in [0.5, 0.6) is 0 Å². The number of rotatable bonds is 18. The fourth-order valence-corrected chi connectivity index (χ4v) is 5.34. The normalized spacial score (nSPS) is 19.5. The van der Waals surface area contributed by atoms with E-state index in [1.54, 1.807) is 0 Å². The Morgan fingerprint density at radius 1 is 0.409 bits per heavy atom. The molecule has 0 radical (unpaired) electrons. The summed E-state index contributed by atoms with van der Waals surface area (Å²) in [6.07, 6.45) is -1.94. The molecule has 0 aromatic rings. The fraction of sp³-hybridized carbons (Fsp3) is 0.769. The number of aliphatic hydroxyl groups is 2. The fourth-order valence-electron chi connectivity index (χ4n) is 5.34. The summed E-state index contributed by atoms with van der Waals surface area (Å²) >= 11 is 0. The lowest BCUT2D eigenvalue weighted by molar-refractivity contribution is -0.149. The van der Waals surface area contributed by atoms with Crippen molar-refractivity contribution >= 4 is 35.8 Å². The second-order valence-electron chi connectivity index (χ2n) is 10.4. The number of carbonyl (C=O) groups is 6. The molecule has 1 aliphatic rings. The van der Waals surface area contributed by atoms with E-state index in [0.717, 1.165) is 0 Å². The van der Waals surface area contributed by atoms with Gasteiger partial charge in [-0.2, -0.15) is 0 Å². The predicted molar refractivity (Wildman–Crippen MR) is 149 cm³/mol. The molecule has 1 fully saturated rings. The van der Waals surface area contributed by atoms with Crippen molar-refractivity contribution in [1.82, 2.24) is 19.6 Å². The lowest BCUT2D eigenvalue weighted by atomic mass is 10.1. The first-order chi connectivity index (χ1) is 20.7. The maximum atomic E-state index is 12.2.